The molecule has 0 saturated carbocycles. The van der Waals surface area contributed by atoms with Crippen LogP contribution in [0.25, 0.3) is 0 Å². The third-order valence-corrected chi connectivity index (χ3v) is 3.35. The molecule has 21 heavy (non-hydrogen) atoms. The van der Waals surface area contributed by atoms with Crippen molar-refractivity contribution in [3.63, 3.8) is 0 Å². The van der Waals surface area contributed by atoms with E-state index < -0.39 is 0 Å². The van der Waals surface area contributed by atoms with Gasteiger partial charge in [0.05, 0.1) is 0 Å². The molecule has 4 nitrogen and oxygen atoms in total. The number of anilines is 2. The van der Waals surface area contributed by atoms with E-state index in [0.29, 0.717) is 12.1 Å². The number of halogens is 1. The minimum atomic E-state index is -0.191. The van der Waals surface area contributed by atoms with Crippen molar-refractivity contribution in [2.24, 2.45) is 0 Å². The highest BCUT2D eigenvalue weighted by Gasteiger charge is 2.14. The van der Waals surface area contributed by atoms with Gasteiger partial charge in [-0.1, -0.05) is 25.1 Å². The lowest BCUT2D eigenvalue weighted by Gasteiger charge is -2.22. The monoisotopic (exact) mass is 288 g/mol. The van der Waals surface area contributed by atoms with Crippen LogP contribution in [-0.2, 0) is 13.0 Å². The highest BCUT2D eigenvalue weighted by molar-refractivity contribution is 5.58. The summed E-state index contributed by atoms with van der Waals surface area (Å²) < 4.78 is 13.8. The van der Waals surface area contributed by atoms with Gasteiger partial charge in [-0.05, 0) is 19.4 Å². The third-order valence-electron chi connectivity index (χ3n) is 3.35. The van der Waals surface area contributed by atoms with Gasteiger partial charge in [0.15, 0.2) is 0 Å². The molecule has 1 aromatic heterocycles. The minimum absolute atomic E-state index is 0.191. The predicted octanol–water partition coefficient (Wildman–Crippen LogP) is 3.25. The summed E-state index contributed by atoms with van der Waals surface area (Å²) in [5.74, 6) is 1.50. The smallest absolute Gasteiger partial charge is 0.137 e. The van der Waals surface area contributed by atoms with Gasteiger partial charge in [-0.3, -0.25) is 0 Å². The van der Waals surface area contributed by atoms with Gasteiger partial charge in [-0.2, -0.15) is 0 Å². The van der Waals surface area contributed by atoms with Crippen LogP contribution >= 0.6 is 0 Å². The number of benzene rings is 1. The zero-order valence-electron chi connectivity index (χ0n) is 12.7. The SMILES string of the molecule is CCNc1ncnc(N(C)Cc2ccccc2F)c1CC. The zero-order chi connectivity index (χ0) is 15.2. The van der Waals surface area contributed by atoms with E-state index in [9.17, 15) is 4.39 Å². The van der Waals surface area contributed by atoms with Crippen LogP contribution in [0, 0.1) is 5.82 Å². The molecule has 0 aliphatic carbocycles. The molecule has 1 aromatic carbocycles. The van der Waals surface area contributed by atoms with E-state index in [0.717, 1.165) is 30.2 Å². The molecule has 0 unspecified atom stereocenters. The van der Waals surface area contributed by atoms with Crippen molar-refractivity contribution in [3.05, 3.63) is 47.5 Å². The molecule has 2 aromatic rings. The van der Waals surface area contributed by atoms with Crippen LogP contribution in [0.4, 0.5) is 16.0 Å². The van der Waals surface area contributed by atoms with Crippen LogP contribution in [0.3, 0.4) is 0 Å². The van der Waals surface area contributed by atoms with E-state index >= 15 is 0 Å². The predicted molar refractivity (Wildman–Crippen MR) is 84.1 cm³/mol. The van der Waals surface area contributed by atoms with E-state index in [-0.39, 0.29) is 5.82 Å². The lowest BCUT2D eigenvalue weighted by atomic mass is 10.1. The van der Waals surface area contributed by atoms with Crippen molar-refractivity contribution in [2.45, 2.75) is 26.8 Å². The molecule has 0 aliphatic heterocycles. The Morgan fingerprint density at radius 3 is 2.62 bits per heavy atom. The van der Waals surface area contributed by atoms with Crippen molar-refractivity contribution in [3.8, 4) is 0 Å². The molecule has 0 saturated heterocycles. The Morgan fingerprint density at radius 2 is 1.95 bits per heavy atom. The maximum absolute atomic E-state index is 13.8. The third kappa shape index (κ3) is 3.48. The van der Waals surface area contributed by atoms with E-state index in [4.69, 9.17) is 0 Å². The lowest BCUT2D eigenvalue weighted by Crippen LogP contribution is -2.21. The summed E-state index contributed by atoms with van der Waals surface area (Å²) in [6.45, 7) is 5.38. The van der Waals surface area contributed by atoms with E-state index in [1.165, 1.54) is 6.07 Å². The van der Waals surface area contributed by atoms with Crippen LogP contribution < -0.4 is 10.2 Å². The normalized spacial score (nSPS) is 10.5. The molecule has 0 aliphatic rings. The first-order chi connectivity index (χ1) is 10.2. The highest BCUT2D eigenvalue weighted by Crippen LogP contribution is 2.24. The maximum atomic E-state index is 13.8. The molecule has 0 radical (unpaired) electrons. The summed E-state index contributed by atoms with van der Waals surface area (Å²) in [7, 11) is 1.92. The summed E-state index contributed by atoms with van der Waals surface area (Å²) in [5.41, 5.74) is 1.71. The summed E-state index contributed by atoms with van der Waals surface area (Å²) in [4.78, 5) is 10.6. The van der Waals surface area contributed by atoms with Crippen molar-refractivity contribution < 1.29 is 4.39 Å². The van der Waals surface area contributed by atoms with Gasteiger partial charge in [-0.15, -0.1) is 0 Å². The molecule has 1 heterocycles. The van der Waals surface area contributed by atoms with E-state index in [1.54, 1.807) is 18.5 Å². The van der Waals surface area contributed by atoms with Gasteiger partial charge in [0.25, 0.3) is 0 Å². The fourth-order valence-electron chi connectivity index (χ4n) is 2.33. The van der Waals surface area contributed by atoms with Crippen LogP contribution in [0.2, 0.25) is 0 Å². The Kier molecular flexibility index (Phi) is 5.09. The number of rotatable bonds is 6. The molecule has 5 heteroatoms. The maximum Gasteiger partial charge on any atom is 0.137 e. The minimum Gasteiger partial charge on any atom is -0.370 e. The fraction of sp³-hybridized carbons (Fsp3) is 0.375. The van der Waals surface area contributed by atoms with Gasteiger partial charge in [0.1, 0.15) is 23.8 Å². The number of aromatic nitrogens is 2. The van der Waals surface area contributed by atoms with Gasteiger partial charge < -0.3 is 10.2 Å². The molecular formula is C16H21FN4. The molecule has 112 valence electrons. The topological polar surface area (TPSA) is 41.1 Å². The molecular weight excluding hydrogens is 267 g/mol. The Morgan fingerprint density at radius 1 is 1.19 bits per heavy atom. The van der Waals surface area contributed by atoms with Crippen LogP contribution in [0.15, 0.2) is 30.6 Å². The second-order valence-corrected chi connectivity index (χ2v) is 4.86. The average molecular weight is 288 g/mol. The van der Waals surface area contributed by atoms with Crippen LogP contribution in [0.5, 0.6) is 0 Å². The fourth-order valence-corrected chi connectivity index (χ4v) is 2.33. The molecule has 1 N–H and O–H groups in total. The molecule has 0 bridgehead atoms. The average Bonchev–Trinajstić information content (AvgIpc) is 2.49. The molecule has 0 fully saturated rings. The molecule has 0 spiro atoms. The first kappa shape index (κ1) is 15.2. The van der Waals surface area contributed by atoms with E-state index in [2.05, 4.69) is 22.2 Å². The van der Waals surface area contributed by atoms with Crippen LogP contribution in [-0.4, -0.2) is 23.6 Å². The second-order valence-electron chi connectivity index (χ2n) is 4.86. The number of nitrogens with zero attached hydrogens (tertiary/aromatic N) is 3. The summed E-state index contributed by atoms with van der Waals surface area (Å²) >= 11 is 0. The van der Waals surface area contributed by atoms with Gasteiger partial charge in [0.2, 0.25) is 0 Å². The van der Waals surface area contributed by atoms with Crippen molar-refractivity contribution in [2.75, 3.05) is 23.8 Å². The van der Waals surface area contributed by atoms with E-state index in [1.807, 2.05) is 24.9 Å². The van der Waals surface area contributed by atoms with Crippen molar-refractivity contribution >= 4 is 11.6 Å². The standard InChI is InChI=1S/C16H21FN4/c1-4-13-15(18-5-2)19-11-20-16(13)21(3)10-12-8-6-7-9-14(12)17/h6-9,11H,4-5,10H2,1-3H3,(H,18,19,20). The highest BCUT2D eigenvalue weighted by atomic mass is 19.1. The Bertz CT molecular complexity index is 601. The zero-order valence-corrected chi connectivity index (χ0v) is 12.7. The largest absolute Gasteiger partial charge is 0.370 e. The first-order valence-corrected chi connectivity index (χ1v) is 7.19. The first-order valence-electron chi connectivity index (χ1n) is 7.19. The summed E-state index contributed by atoms with van der Waals surface area (Å²) in [6.07, 6.45) is 2.37. The van der Waals surface area contributed by atoms with Gasteiger partial charge in [-0.25, -0.2) is 14.4 Å². The number of hydrogen-bond acceptors (Lipinski definition) is 4. The number of nitrogens with one attached hydrogen (secondary N) is 1. The Balaban J connectivity index is 2.28. The van der Waals surface area contributed by atoms with Crippen LogP contribution in [0.1, 0.15) is 25.0 Å². The lowest BCUT2D eigenvalue weighted by molar-refractivity contribution is 0.607. The summed E-state index contributed by atoms with van der Waals surface area (Å²) in [5, 5.41) is 3.25. The van der Waals surface area contributed by atoms with Gasteiger partial charge in [0, 0.05) is 31.3 Å². The number of hydrogen-bond donors (Lipinski definition) is 1. The molecule has 0 atom stereocenters. The quantitative estimate of drug-likeness (QED) is 0.886. The summed E-state index contributed by atoms with van der Waals surface area (Å²) in [6, 6.07) is 6.82. The van der Waals surface area contributed by atoms with Crippen molar-refractivity contribution in [1.29, 1.82) is 0 Å². The molecule has 2 rings (SSSR count). The molecule has 0 amide bonds. The second kappa shape index (κ2) is 7.02. The Hall–Kier alpha value is -2.17. The van der Waals surface area contributed by atoms with Gasteiger partial charge >= 0.3 is 0 Å². The van der Waals surface area contributed by atoms with Crippen molar-refractivity contribution in [1.82, 2.24) is 9.97 Å². The Labute approximate surface area is 125 Å².